The number of hydrogen-bond acceptors (Lipinski definition) is 8. The summed E-state index contributed by atoms with van der Waals surface area (Å²) in [6.45, 7) is 6.87. The van der Waals surface area contributed by atoms with Crippen molar-refractivity contribution in [3.05, 3.63) is 35.4 Å². The second-order valence-corrected chi connectivity index (χ2v) is 8.90. The van der Waals surface area contributed by atoms with Gasteiger partial charge in [0.2, 0.25) is 0 Å². The SMILES string of the molecule is COC1CN(c2nc(-c3cnc4c(c3)C(C#N)=CC4)nc3c2nc2n3CCOC2(C)C)C1. The lowest BCUT2D eigenvalue weighted by molar-refractivity contribution is -0.0530. The zero-order chi connectivity index (χ0) is 22.0. The minimum absolute atomic E-state index is 0.186. The molecule has 32 heavy (non-hydrogen) atoms. The first-order chi connectivity index (χ1) is 15.5. The third kappa shape index (κ3) is 2.76. The molecular weight excluding hydrogens is 406 g/mol. The van der Waals surface area contributed by atoms with Crippen LogP contribution in [0.4, 0.5) is 5.82 Å². The minimum Gasteiger partial charge on any atom is -0.378 e. The average molecular weight is 429 g/mol. The molecule has 3 aromatic rings. The second kappa shape index (κ2) is 6.82. The van der Waals surface area contributed by atoms with E-state index in [-0.39, 0.29) is 6.10 Å². The van der Waals surface area contributed by atoms with Gasteiger partial charge >= 0.3 is 0 Å². The molecule has 1 saturated heterocycles. The molecule has 0 saturated carbocycles. The Morgan fingerprint density at radius 1 is 1.25 bits per heavy atom. The smallest absolute Gasteiger partial charge is 0.166 e. The van der Waals surface area contributed by atoms with Crippen LogP contribution in [0.5, 0.6) is 0 Å². The predicted octanol–water partition coefficient (Wildman–Crippen LogP) is 2.45. The maximum absolute atomic E-state index is 9.45. The number of nitriles is 1. The van der Waals surface area contributed by atoms with Crippen molar-refractivity contribution in [3.63, 3.8) is 0 Å². The van der Waals surface area contributed by atoms with Crippen LogP contribution < -0.4 is 4.90 Å². The molecule has 1 aliphatic carbocycles. The fourth-order valence-corrected chi connectivity index (χ4v) is 4.65. The van der Waals surface area contributed by atoms with Crippen LogP contribution in [0.15, 0.2) is 18.3 Å². The number of anilines is 1. The minimum atomic E-state index is -0.498. The summed E-state index contributed by atoms with van der Waals surface area (Å²) < 4.78 is 13.6. The number of aromatic nitrogens is 5. The summed E-state index contributed by atoms with van der Waals surface area (Å²) in [7, 11) is 1.73. The molecule has 0 aromatic carbocycles. The summed E-state index contributed by atoms with van der Waals surface area (Å²) >= 11 is 0. The highest BCUT2D eigenvalue weighted by molar-refractivity contribution is 5.88. The van der Waals surface area contributed by atoms with E-state index >= 15 is 0 Å². The summed E-state index contributed by atoms with van der Waals surface area (Å²) in [6.07, 6.45) is 4.58. The van der Waals surface area contributed by atoms with E-state index < -0.39 is 5.60 Å². The van der Waals surface area contributed by atoms with Crippen molar-refractivity contribution < 1.29 is 9.47 Å². The number of pyridine rings is 1. The van der Waals surface area contributed by atoms with E-state index in [1.54, 1.807) is 13.3 Å². The standard InChI is InChI=1S/C23H23N7O2/c1-23(2)22-26-18-20(29-11-15(12-29)31-3)27-19(28-21(18)30(22)6-7-32-23)14-8-16-13(9-24)4-5-17(16)25-10-14/h4,8,10,15H,5-7,11-12H2,1-3H3. The molecule has 3 aliphatic rings. The van der Waals surface area contributed by atoms with Gasteiger partial charge in [-0.15, -0.1) is 0 Å². The van der Waals surface area contributed by atoms with E-state index in [4.69, 9.17) is 24.4 Å². The summed E-state index contributed by atoms with van der Waals surface area (Å²) in [4.78, 5) is 21.6. The molecule has 0 N–H and O–H groups in total. The number of nitrogens with zero attached hydrogens (tertiary/aromatic N) is 7. The number of methoxy groups -OCH3 is 1. The first-order valence-corrected chi connectivity index (χ1v) is 10.8. The van der Waals surface area contributed by atoms with Gasteiger partial charge in [0.25, 0.3) is 0 Å². The van der Waals surface area contributed by atoms with Crippen molar-refractivity contribution in [1.82, 2.24) is 24.5 Å². The zero-order valence-electron chi connectivity index (χ0n) is 18.3. The second-order valence-electron chi connectivity index (χ2n) is 8.90. The number of hydrogen-bond donors (Lipinski definition) is 0. The Morgan fingerprint density at radius 3 is 2.88 bits per heavy atom. The van der Waals surface area contributed by atoms with Gasteiger partial charge in [-0.05, 0) is 19.9 Å². The van der Waals surface area contributed by atoms with Gasteiger partial charge in [-0.25, -0.2) is 15.0 Å². The van der Waals surface area contributed by atoms with Crippen LogP contribution in [0.1, 0.15) is 30.9 Å². The van der Waals surface area contributed by atoms with Crippen molar-refractivity contribution in [1.29, 1.82) is 5.26 Å². The molecule has 0 spiro atoms. The summed E-state index contributed by atoms with van der Waals surface area (Å²) in [6, 6.07) is 4.24. The van der Waals surface area contributed by atoms with E-state index in [1.165, 1.54) is 0 Å². The molecule has 5 heterocycles. The highest BCUT2D eigenvalue weighted by atomic mass is 16.5. The molecule has 6 rings (SSSR count). The Hall–Kier alpha value is -3.35. The number of allylic oxidation sites excluding steroid dienone is 2. The van der Waals surface area contributed by atoms with Crippen molar-refractivity contribution in [3.8, 4) is 17.5 Å². The van der Waals surface area contributed by atoms with E-state index in [9.17, 15) is 5.26 Å². The first kappa shape index (κ1) is 19.3. The quantitative estimate of drug-likeness (QED) is 0.626. The predicted molar refractivity (Wildman–Crippen MR) is 118 cm³/mol. The van der Waals surface area contributed by atoms with Gasteiger partial charge < -0.3 is 18.9 Å². The molecular formula is C23H23N7O2. The largest absolute Gasteiger partial charge is 0.378 e. The van der Waals surface area contributed by atoms with Crippen molar-refractivity contribution in [2.24, 2.45) is 0 Å². The number of rotatable bonds is 3. The number of fused-ring (bicyclic) bond motifs is 4. The molecule has 9 heteroatoms. The molecule has 0 atom stereocenters. The van der Waals surface area contributed by atoms with Crippen molar-refractivity contribution >= 4 is 22.6 Å². The van der Waals surface area contributed by atoms with Crippen LogP contribution in [0, 0.1) is 11.3 Å². The molecule has 2 aliphatic heterocycles. The molecule has 0 amide bonds. The molecule has 162 valence electrons. The third-order valence-corrected chi connectivity index (χ3v) is 6.51. The van der Waals surface area contributed by atoms with Crippen LogP contribution in [-0.4, -0.2) is 57.4 Å². The fraction of sp³-hybridized carbons (Fsp3) is 0.435. The van der Waals surface area contributed by atoms with E-state index in [0.717, 1.165) is 52.7 Å². The van der Waals surface area contributed by atoms with Crippen LogP contribution in [0.2, 0.25) is 0 Å². The van der Waals surface area contributed by atoms with Gasteiger partial charge in [0, 0.05) is 50.5 Å². The summed E-state index contributed by atoms with van der Waals surface area (Å²) in [5, 5.41) is 9.45. The summed E-state index contributed by atoms with van der Waals surface area (Å²) in [5.41, 5.74) is 4.31. The van der Waals surface area contributed by atoms with E-state index in [2.05, 4.69) is 20.5 Å². The Balaban J connectivity index is 1.54. The van der Waals surface area contributed by atoms with Gasteiger partial charge in [0.1, 0.15) is 11.4 Å². The molecule has 1 fully saturated rings. The Labute approximate surface area is 185 Å². The third-order valence-electron chi connectivity index (χ3n) is 6.51. The Morgan fingerprint density at radius 2 is 2.09 bits per heavy atom. The van der Waals surface area contributed by atoms with Crippen molar-refractivity contribution in [2.45, 2.75) is 38.5 Å². The van der Waals surface area contributed by atoms with Crippen LogP contribution in [-0.2, 0) is 28.0 Å². The van der Waals surface area contributed by atoms with Crippen LogP contribution >= 0.6 is 0 Å². The number of imidazole rings is 1. The lowest BCUT2D eigenvalue weighted by Gasteiger charge is -2.39. The Kier molecular flexibility index (Phi) is 4.12. The highest BCUT2D eigenvalue weighted by Gasteiger charge is 2.36. The first-order valence-electron chi connectivity index (χ1n) is 10.8. The molecule has 9 nitrogen and oxygen atoms in total. The average Bonchev–Trinajstić information content (AvgIpc) is 3.34. The van der Waals surface area contributed by atoms with Gasteiger partial charge in [0.05, 0.1) is 30.0 Å². The maximum atomic E-state index is 9.45. The van der Waals surface area contributed by atoms with Gasteiger partial charge in [-0.2, -0.15) is 5.26 Å². The van der Waals surface area contributed by atoms with E-state index in [0.29, 0.717) is 31.0 Å². The maximum Gasteiger partial charge on any atom is 0.166 e. The molecule has 3 aromatic heterocycles. The van der Waals surface area contributed by atoms with Gasteiger partial charge in [0.15, 0.2) is 22.8 Å². The number of ether oxygens (including phenoxy) is 2. The molecule has 0 radical (unpaired) electrons. The van der Waals surface area contributed by atoms with Crippen LogP contribution in [0.25, 0.3) is 28.1 Å². The topological polar surface area (TPSA) is 102 Å². The lowest BCUT2D eigenvalue weighted by Crippen LogP contribution is -2.52. The van der Waals surface area contributed by atoms with Gasteiger partial charge in [-0.3, -0.25) is 4.98 Å². The van der Waals surface area contributed by atoms with Crippen LogP contribution in [0.3, 0.4) is 0 Å². The zero-order valence-corrected chi connectivity index (χ0v) is 18.3. The van der Waals surface area contributed by atoms with E-state index in [1.807, 2.05) is 26.0 Å². The molecule has 0 unspecified atom stereocenters. The highest BCUT2D eigenvalue weighted by Crippen LogP contribution is 2.37. The summed E-state index contributed by atoms with van der Waals surface area (Å²) in [5.74, 6) is 2.24. The Bertz CT molecular complexity index is 1330. The fourth-order valence-electron chi connectivity index (χ4n) is 4.65. The normalized spacial score (nSPS) is 19.3. The monoisotopic (exact) mass is 429 g/mol. The van der Waals surface area contributed by atoms with Gasteiger partial charge in [-0.1, -0.05) is 6.08 Å². The van der Waals surface area contributed by atoms with Crippen molar-refractivity contribution in [2.75, 3.05) is 31.7 Å². The lowest BCUT2D eigenvalue weighted by atomic mass is 10.1. The molecule has 0 bridgehead atoms.